The molecule has 1 rings (SSSR count). The standard InChI is InChI=1S/C14H28N2O8/c1-9(18)16-11-13(20)12(19)10(8-17)24-14(11)23-7-6-22-5-4-21-3-2-15/h10-14,17,19-20H,2-8,15H2,1H3,(H,16,18)/t10?,11?,12-,13?,14+/m0/s1. The minimum atomic E-state index is -1.33. The van der Waals surface area contributed by atoms with E-state index in [-0.39, 0.29) is 13.2 Å². The Hall–Kier alpha value is -0.850. The molecule has 1 fully saturated rings. The molecule has 0 saturated carbocycles. The lowest BCUT2D eigenvalue weighted by molar-refractivity contribution is -0.272. The number of aliphatic hydroxyl groups excluding tert-OH is 3. The molecule has 6 N–H and O–H groups in total. The van der Waals surface area contributed by atoms with Gasteiger partial charge in [0.1, 0.15) is 24.4 Å². The van der Waals surface area contributed by atoms with Crippen molar-refractivity contribution in [2.45, 2.75) is 37.6 Å². The van der Waals surface area contributed by atoms with Crippen LogP contribution in [0.3, 0.4) is 0 Å². The first-order chi connectivity index (χ1) is 11.5. The van der Waals surface area contributed by atoms with Gasteiger partial charge in [0.15, 0.2) is 6.29 Å². The Bertz CT molecular complexity index is 360. The Morgan fingerprint density at radius 3 is 2.33 bits per heavy atom. The van der Waals surface area contributed by atoms with E-state index in [4.69, 9.17) is 24.7 Å². The zero-order chi connectivity index (χ0) is 17.9. The molecule has 1 aliphatic rings. The van der Waals surface area contributed by atoms with Crippen molar-refractivity contribution >= 4 is 5.91 Å². The fraction of sp³-hybridized carbons (Fsp3) is 0.929. The highest BCUT2D eigenvalue weighted by Crippen LogP contribution is 2.22. The van der Waals surface area contributed by atoms with Gasteiger partial charge in [0.05, 0.1) is 39.6 Å². The molecule has 1 heterocycles. The van der Waals surface area contributed by atoms with Gasteiger partial charge >= 0.3 is 0 Å². The lowest BCUT2D eigenvalue weighted by atomic mass is 9.97. The molecule has 142 valence electrons. The number of hydrogen-bond acceptors (Lipinski definition) is 9. The number of ether oxygens (including phenoxy) is 4. The zero-order valence-electron chi connectivity index (χ0n) is 13.8. The van der Waals surface area contributed by atoms with Crippen LogP contribution in [-0.2, 0) is 23.7 Å². The molecular weight excluding hydrogens is 324 g/mol. The molecule has 3 unspecified atom stereocenters. The summed E-state index contributed by atoms with van der Waals surface area (Å²) < 4.78 is 21.3. The van der Waals surface area contributed by atoms with E-state index in [2.05, 4.69) is 5.32 Å². The first kappa shape index (κ1) is 21.2. The molecule has 0 aromatic heterocycles. The number of nitrogens with two attached hydrogens (primary N) is 1. The van der Waals surface area contributed by atoms with E-state index in [1.807, 2.05) is 0 Å². The molecule has 10 nitrogen and oxygen atoms in total. The average Bonchev–Trinajstić information content (AvgIpc) is 2.55. The summed E-state index contributed by atoms with van der Waals surface area (Å²) in [7, 11) is 0. The summed E-state index contributed by atoms with van der Waals surface area (Å²) in [4.78, 5) is 11.3. The summed E-state index contributed by atoms with van der Waals surface area (Å²) >= 11 is 0. The van der Waals surface area contributed by atoms with Crippen LogP contribution in [0.2, 0.25) is 0 Å². The van der Waals surface area contributed by atoms with Crippen LogP contribution in [0.25, 0.3) is 0 Å². The fourth-order valence-electron chi connectivity index (χ4n) is 2.24. The maximum Gasteiger partial charge on any atom is 0.217 e. The van der Waals surface area contributed by atoms with Crippen LogP contribution < -0.4 is 11.1 Å². The third kappa shape index (κ3) is 6.95. The van der Waals surface area contributed by atoms with Crippen LogP contribution >= 0.6 is 0 Å². The number of hydrogen-bond donors (Lipinski definition) is 5. The van der Waals surface area contributed by atoms with Crippen molar-refractivity contribution in [1.29, 1.82) is 0 Å². The van der Waals surface area contributed by atoms with Crippen molar-refractivity contribution in [3.05, 3.63) is 0 Å². The summed E-state index contributed by atoms with van der Waals surface area (Å²) in [5.74, 6) is -0.404. The maximum atomic E-state index is 11.3. The summed E-state index contributed by atoms with van der Waals surface area (Å²) in [5.41, 5.74) is 5.28. The number of carbonyl (C=O) groups is 1. The quantitative estimate of drug-likeness (QED) is 0.244. The summed E-state index contributed by atoms with van der Waals surface area (Å²) in [6.45, 7) is 2.90. The monoisotopic (exact) mass is 352 g/mol. The number of nitrogens with one attached hydrogen (secondary N) is 1. The van der Waals surface area contributed by atoms with Crippen LogP contribution in [0.4, 0.5) is 0 Å². The highest BCUT2D eigenvalue weighted by Gasteiger charge is 2.45. The molecule has 1 aliphatic heterocycles. The van der Waals surface area contributed by atoms with Crippen LogP contribution in [0.5, 0.6) is 0 Å². The summed E-state index contributed by atoms with van der Waals surface area (Å²) in [6.07, 6.45) is -4.67. The Morgan fingerprint density at radius 1 is 1.12 bits per heavy atom. The van der Waals surface area contributed by atoms with Crippen molar-refractivity contribution in [3.8, 4) is 0 Å². The van der Waals surface area contributed by atoms with Gasteiger partial charge in [0.25, 0.3) is 0 Å². The minimum Gasteiger partial charge on any atom is -0.394 e. The van der Waals surface area contributed by atoms with Crippen LogP contribution in [0.15, 0.2) is 0 Å². The topological polar surface area (TPSA) is 153 Å². The largest absolute Gasteiger partial charge is 0.394 e. The second-order valence-electron chi connectivity index (χ2n) is 5.32. The smallest absolute Gasteiger partial charge is 0.217 e. The van der Waals surface area contributed by atoms with E-state index in [9.17, 15) is 20.1 Å². The van der Waals surface area contributed by atoms with Crippen molar-refractivity contribution in [2.24, 2.45) is 5.73 Å². The maximum absolute atomic E-state index is 11.3. The Morgan fingerprint density at radius 2 is 1.75 bits per heavy atom. The van der Waals surface area contributed by atoms with E-state index in [1.54, 1.807) is 0 Å². The van der Waals surface area contributed by atoms with E-state index in [0.717, 1.165) is 0 Å². The number of rotatable bonds is 11. The normalized spacial score (nSPS) is 30.3. The molecule has 1 saturated heterocycles. The Labute approximate surface area is 140 Å². The van der Waals surface area contributed by atoms with Crippen LogP contribution in [-0.4, -0.2) is 98.1 Å². The molecule has 0 aliphatic carbocycles. The molecule has 10 heteroatoms. The summed E-state index contributed by atoms with van der Waals surface area (Å²) in [5, 5.41) is 31.6. The Balaban J connectivity index is 2.39. The van der Waals surface area contributed by atoms with Gasteiger partial charge in [0.2, 0.25) is 5.91 Å². The number of carbonyl (C=O) groups excluding carboxylic acids is 1. The number of amides is 1. The predicted molar refractivity (Wildman–Crippen MR) is 82.0 cm³/mol. The molecule has 0 spiro atoms. The van der Waals surface area contributed by atoms with E-state index in [1.165, 1.54) is 6.92 Å². The van der Waals surface area contributed by atoms with Gasteiger partial charge in [-0.15, -0.1) is 0 Å². The molecule has 0 radical (unpaired) electrons. The predicted octanol–water partition coefficient (Wildman–Crippen LogP) is -3.06. The van der Waals surface area contributed by atoms with Crippen molar-refractivity contribution < 1.29 is 39.1 Å². The second kappa shape index (κ2) is 11.7. The molecule has 0 aromatic carbocycles. The molecule has 0 bridgehead atoms. The molecule has 0 aromatic rings. The van der Waals surface area contributed by atoms with Gasteiger partial charge in [-0.2, -0.15) is 0 Å². The Kier molecular flexibility index (Phi) is 10.3. The van der Waals surface area contributed by atoms with Gasteiger partial charge < -0.3 is 45.3 Å². The van der Waals surface area contributed by atoms with Gasteiger partial charge in [0, 0.05) is 13.5 Å². The lowest BCUT2D eigenvalue weighted by Gasteiger charge is -2.42. The molecule has 5 atom stereocenters. The van der Waals surface area contributed by atoms with E-state index in [0.29, 0.717) is 26.4 Å². The van der Waals surface area contributed by atoms with Crippen molar-refractivity contribution in [3.63, 3.8) is 0 Å². The van der Waals surface area contributed by atoms with Crippen molar-refractivity contribution in [1.82, 2.24) is 5.32 Å². The average molecular weight is 352 g/mol. The third-order valence-electron chi connectivity index (χ3n) is 3.39. The minimum absolute atomic E-state index is 0.138. The second-order valence-corrected chi connectivity index (χ2v) is 5.32. The molecule has 1 amide bonds. The highest BCUT2D eigenvalue weighted by atomic mass is 16.7. The number of aliphatic hydroxyl groups is 3. The SMILES string of the molecule is CC(=O)NC1C(O)[C@@H](O)C(CO)O[C@H]1OCCOCCOCCN. The third-order valence-corrected chi connectivity index (χ3v) is 3.39. The van der Waals surface area contributed by atoms with E-state index < -0.39 is 43.2 Å². The first-order valence-electron chi connectivity index (χ1n) is 7.88. The van der Waals surface area contributed by atoms with Gasteiger partial charge in [-0.25, -0.2) is 0 Å². The highest BCUT2D eigenvalue weighted by molar-refractivity contribution is 5.73. The van der Waals surface area contributed by atoms with Crippen LogP contribution in [0, 0.1) is 0 Å². The zero-order valence-corrected chi connectivity index (χ0v) is 13.8. The molecule has 24 heavy (non-hydrogen) atoms. The lowest BCUT2D eigenvalue weighted by Crippen LogP contribution is -2.64. The summed E-state index contributed by atoms with van der Waals surface area (Å²) in [6, 6.07) is -0.951. The van der Waals surface area contributed by atoms with Crippen molar-refractivity contribution in [2.75, 3.05) is 46.2 Å². The fourth-order valence-corrected chi connectivity index (χ4v) is 2.24. The van der Waals surface area contributed by atoms with Gasteiger partial charge in [-0.3, -0.25) is 4.79 Å². The first-order valence-corrected chi connectivity index (χ1v) is 7.88. The van der Waals surface area contributed by atoms with Gasteiger partial charge in [-0.05, 0) is 0 Å². The molecular formula is C14H28N2O8. The van der Waals surface area contributed by atoms with Crippen LogP contribution in [0.1, 0.15) is 6.92 Å². The van der Waals surface area contributed by atoms with E-state index >= 15 is 0 Å². The van der Waals surface area contributed by atoms with Gasteiger partial charge in [-0.1, -0.05) is 0 Å².